The van der Waals surface area contributed by atoms with Crippen molar-refractivity contribution >= 4 is 16.9 Å². The lowest BCUT2D eigenvalue weighted by Crippen LogP contribution is -2.60. The van der Waals surface area contributed by atoms with Gasteiger partial charge >= 0.3 is 23.9 Å². The minimum Gasteiger partial charge on any atom is -0.497 e. The fraction of sp³-hybridized carbons (Fsp3) is 0.500. The summed E-state index contributed by atoms with van der Waals surface area (Å²) < 4.78 is 119. The van der Waals surface area contributed by atoms with Gasteiger partial charge in [-0.2, -0.15) is 39.5 Å². The van der Waals surface area contributed by atoms with E-state index in [9.17, 15) is 44.3 Å². The van der Waals surface area contributed by atoms with Crippen molar-refractivity contribution in [2.45, 2.75) is 30.4 Å². The van der Waals surface area contributed by atoms with Crippen LogP contribution >= 0.6 is 11.8 Å². The zero-order valence-corrected chi connectivity index (χ0v) is 13.7. The summed E-state index contributed by atoms with van der Waals surface area (Å²) in [7, 11) is 1.34. The fourth-order valence-corrected chi connectivity index (χ4v) is 2.49. The molecule has 0 aromatic heterocycles. The first kappa shape index (κ1) is 22.5. The van der Waals surface area contributed by atoms with Crippen LogP contribution < -0.4 is 4.74 Å². The van der Waals surface area contributed by atoms with Crippen molar-refractivity contribution < 1.29 is 49.0 Å². The first-order valence-corrected chi connectivity index (χ1v) is 7.67. The third-order valence-corrected chi connectivity index (χ3v) is 4.09. The number of hydrogen-bond acceptors (Lipinski definition) is 3. The summed E-state index contributed by atoms with van der Waals surface area (Å²) in [6.07, 6.45) is -8.91. The van der Waals surface area contributed by atoms with Crippen LogP contribution in [0.3, 0.4) is 0 Å². The summed E-state index contributed by atoms with van der Waals surface area (Å²) in [5.41, 5.74) is -0.0218. The summed E-state index contributed by atoms with van der Waals surface area (Å²) >= 11 is 0.0849. The summed E-state index contributed by atoms with van der Waals surface area (Å²) in [6, 6.07) is 5.16. The van der Waals surface area contributed by atoms with E-state index in [2.05, 4.69) is 0 Å². The molecule has 0 atom stereocenters. The van der Waals surface area contributed by atoms with Crippen molar-refractivity contribution in [3.63, 3.8) is 0 Å². The summed E-state index contributed by atoms with van der Waals surface area (Å²) in [5, 5.41) is -0.852. The Balaban J connectivity index is 2.76. The van der Waals surface area contributed by atoms with Crippen LogP contribution in [0.1, 0.15) is 16.8 Å². The number of hydrogen-bond donors (Lipinski definition) is 0. The molecule has 0 N–H and O–H groups in total. The second kappa shape index (κ2) is 7.57. The zero-order chi connectivity index (χ0) is 20.4. The number of rotatable bonds is 7. The molecule has 0 aliphatic rings. The lowest BCUT2D eigenvalue weighted by Gasteiger charge is -2.33. The Morgan fingerprint density at radius 2 is 1.42 bits per heavy atom. The maximum atomic E-state index is 13.3. The first-order valence-electron chi connectivity index (χ1n) is 6.69. The van der Waals surface area contributed by atoms with Crippen LogP contribution in [0.2, 0.25) is 0 Å². The Kier molecular flexibility index (Phi) is 6.54. The summed E-state index contributed by atoms with van der Waals surface area (Å²) in [6.45, 7) is 0. The predicted octanol–water partition coefficient (Wildman–Crippen LogP) is 5.43. The average molecular weight is 414 g/mol. The van der Waals surface area contributed by atoms with Crippen LogP contribution in [0.5, 0.6) is 5.75 Å². The molecule has 2 nitrogen and oxygen atoms in total. The summed E-state index contributed by atoms with van der Waals surface area (Å²) in [5.74, 6) is -20.0. The van der Waals surface area contributed by atoms with Crippen LogP contribution in [-0.2, 0) is 0 Å². The number of alkyl halides is 9. The molecular weight excluding hydrogens is 403 g/mol. The monoisotopic (exact) mass is 414 g/mol. The highest BCUT2D eigenvalue weighted by molar-refractivity contribution is 8.14. The van der Waals surface area contributed by atoms with E-state index < -0.39 is 41.2 Å². The van der Waals surface area contributed by atoms with Crippen molar-refractivity contribution in [2.75, 3.05) is 12.9 Å². The maximum absolute atomic E-state index is 13.3. The van der Waals surface area contributed by atoms with Gasteiger partial charge in [0.1, 0.15) is 5.75 Å². The van der Waals surface area contributed by atoms with E-state index in [1.807, 2.05) is 0 Å². The van der Waals surface area contributed by atoms with E-state index in [1.165, 1.54) is 31.4 Å². The van der Waals surface area contributed by atoms with Gasteiger partial charge in [0.15, 0.2) is 0 Å². The standard InChI is InChI=1S/C14H11F9O2S/c1-25-9-4-2-8(3-5-9)10(24)26-7-6-11(15,16)12(17,18)13(19,20)14(21,22)23/h2-5H,6-7H2,1H3. The normalized spacial score (nSPS) is 13.6. The lowest BCUT2D eigenvalue weighted by atomic mass is 10.0. The number of benzene rings is 1. The molecule has 1 rings (SSSR count). The van der Waals surface area contributed by atoms with E-state index in [4.69, 9.17) is 4.74 Å². The van der Waals surface area contributed by atoms with Gasteiger partial charge in [-0.25, -0.2) is 0 Å². The Morgan fingerprint density at radius 3 is 1.85 bits per heavy atom. The van der Waals surface area contributed by atoms with Crippen LogP contribution in [0.25, 0.3) is 0 Å². The molecule has 0 aliphatic heterocycles. The van der Waals surface area contributed by atoms with Gasteiger partial charge in [-0.1, -0.05) is 11.8 Å². The molecule has 0 heterocycles. The highest BCUT2D eigenvalue weighted by atomic mass is 32.2. The molecule has 1 aromatic rings. The van der Waals surface area contributed by atoms with Gasteiger partial charge in [-0.05, 0) is 24.3 Å². The highest BCUT2D eigenvalue weighted by Crippen LogP contribution is 2.54. The van der Waals surface area contributed by atoms with Crippen molar-refractivity contribution in [2.24, 2.45) is 0 Å². The molecule has 0 unspecified atom stereocenters. The quantitative estimate of drug-likeness (QED) is 0.557. The van der Waals surface area contributed by atoms with Crippen LogP contribution in [-0.4, -0.2) is 41.9 Å². The van der Waals surface area contributed by atoms with E-state index >= 15 is 0 Å². The minimum absolute atomic E-state index is 0.0218. The number of ether oxygens (including phenoxy) is 1. The molecule has 26 heavy (non-hydrogen) atoms. The highest BCUT2D eigenvalue weighted by Gasteiger charge is 2.81. The molecule has 0 bridgehead atoms. The van der Waals surface area contributed by atoms with Crippen LogP contribution in [0.15, 0.2) is 24.3 Å². The molecule has 0 saturated carbocycles. The molecule has 0 radical (unpaired) electrons. The van der Waals surface area contributed by atoms with Gasteiger partial charge in [0.05, 0.1) is 7.11 Å². The predicted molar refractivity (Wildman–Crippen MR) is 75.3 cm³/mol. The largest absolute Gasteiger partial charge is 0.497 e. The van der Waals surface area contributed by atoms with Crippen molar-refractivity contribution in [3.05, 3.63) is 29.8 Å². The molecule has 0 aliphatic carbocycles. The van der Waals surface area contributed by atoms with Gasteiger partial charge < -0.3 is 4.74 Å². The lowest BCUT2D eigenvalue weighted by molar-refractivity contribution is -0.396. The number of carbonyl (C=O) groups excluding carboxylic acids is 1. The third kappa shape index (κ3) is 4.38. The van der Waals surface area contributed by atoms with Crippen LogP contribution in [0, 0.1) is 0 Å². The number of thioether (sulfide) groups is 1. The Labute approximate surface area is 145 Å². The van der Waals surface area contributed by atoms with E-state index in [-0.39, 0.29) is 17.3 Å². The molecule has 12 heteroatoms. The van der Waals surface area contributed by atoms with Gasteiger partial charge in [0.25, 0.3) is 0 Å². The number of methoxy groups -OCH3 is 1. The van der Waals surface area contributed by atoms with Crippen LogP contribution in [0.4, 0.5) is 39.5 Å². The van der Waals surface area contributed by atoms with Crippen molar-refractivity contribution in [1.82, 2.24) is 0 Å². The van der Waals surface area contributed by atoms with E-state index in [0.717, 1.165) is 0 Å². The Morgan fingerprint density at radius 1 is 0.923 bits per heavy atom. The third-order valence-electron chi connectivity index (χ3n) is 3.18. The average Bonchev–Trinajstić information content (AvgIpc) is 2.53. The molecule has 0 spiro atoms. The van der Waals surface area contributed by atoms with Gasteiger partial charge in [-0.3, -0.25) is 4.79 Å². The van der Waals surface area contributed by atoms with Gasteiger partial charge in [-0.15, -0.1) is 0 Å². The smallest absolute Gasteiger partial charge is 0.460 e. The molecular formula is C14H11F9O2S. The first-order chi connectivity index (χ1) is 11.7. The van der Waals surface area contributed by atoms with Gasteiger partial charge in [0, 0.05) is 17.7 Å². The Bertz CT molecular complexity index is 626. The molecule has 1 aromatic carbocycles. The Hall–Kier alpha value is -1.59. The fourth-order valence-electron chi connectivity index (χ4n) is 1.65. The molecule has 0 amide bonds. The van der Waals surface area contributed by atoms with Crippen molar-refractivity contribution in [1.29, 1.82) is 0 Å². The topological polar surface area (TPSA) is 26.3 Å². The number of halogens is 9. The van der Waals surface area contributed by atoms with Crippen molar-refractivity contribution in [3.8, 4) is 5.75 Å². The second-order valence-corrected chi connectivity index (χ2v) is 6.03. The van der Waals surface area contributed by atoms with E-state index in [0.29, 0.717) is 5.75 Å². The molecule has 148 valence electrons. The minimum atomic E-state index is -6.92. The number of carbonyl (C=O) groups is 1. The zero-order valence-electron chi connectivity index (χ0n) is 12.9. The second-order valence-electron chi connectivity index (χ2n) is 4.97. The molecule has 0 fully saturated rings. The maximum Gasteiger partial charge on any atom is 0.460 e. The molecule has 0 saturated heterocycles. The SMILES string of the molecule is COc1ccc(C(=O)SCCC(F)(F)C(F)(F)C(F)(F)C(F)(F)F)cc1. The van der Waals surface area contributed by atoms with E-state index in [1.54, 1.807) is 0 Å². The summed E-state index contributed by atoms with van der Waals surface area (Å²) in [4.78, 5) is 11.7. The van der Waals surface area contributed by atoms with Gasteiger partial charge in [0.2, 0.25) is 5.12 Å².